The van der Waals surface area contributed by atoms with E-state index in [1.165, 1.54) is 0 Å². The molecule has 9 heteroatoms. The SMILES string of the molecule is C1=CC2=c3nc(nc4nc(nc5[n-]c(nc6[n-]c(n3)C3C=CC=CC=63)c3ccccc53)-c3ccccc3-4)C2C=C1.[Fe+2]. The summed E-state index contributed by atoms with van der Waals surface area (Å²) in [5.74, 6) is 2.21. The number of hydrogen-bond donors (Lipinski definition) is 0. The molecule has 0 saturated carbocycles. The smallest absolute Gasteiger partial charge is 0.361 e. The molecule has 0 N–H and O–H groups in total. The molecule has 2 aromatic heterocycles. The zero-order valence-electron chi connectivity index (χ0n) is 21.3. The van der Waals surface area contributed by atoms with Gasteiger partial charge in [0.05, 0.1) is 17.2 Å². The quantitative estimate of drug-likeness (QED) is 0.261. The molecule has 8 nitrogen and oxygen atoms in total. The summed E-state index contributed by atoms with van der Waals surface area (Å²) >= 11 is 0. The second-order valence-electron chi connectivity index (χ2n) is 10.00. The molecule has 8 bridgehead atoms. The van der Waals surface area contributed by atoms with Gasteiger partial charge in [0, 0.05) is 39.6 Å². The van der Waals surface area contributed by atoms with Crippen LogP contribution in [0.2, 0.25) is 0 Å². The fraction of sp³-hybridized carbons (Fsp3) is 0.0625. The molecule has 0 saturated heterocycles. The largest absolute Gasteiger partial charge is 2.00 e. The molecule has 5 heterocycles. The van der Waals surface area contributed by atoms with Crippen LogP contribution in [0.25, 0.3) is 56.0 Å². The molecule has 4 aromatic rings. The molecule has 0 spiro atoms. The minimum absolute atomic E-state index is 0. The van der Waals surface area contributed by atoms with Crippen molar-refractivity contribution in [3.8, 4) is 22.8 Å². The minimum Gasteiger partial charge on any atom is -0.361 e. The Hall–Kier alpha value is -4.98. The van der Waals surface area contributed by atoms with Crippen LogP contribution in [0.1, 0.15) is 23.5 Å². The van der Waals surface area contributed by atoms with Gasteiger partial charge in [0.25, 0.3) is 0 Å². The summed E-state index contributed by atoms with van der Waals surface area (Å²) in [5, 5.41) is 1.81. The molecular weight excluding hydrogens is 552 g/mol. The molecule has 5 aliphatic rings. The van der Waals surface area contributed by atoms with Crippen molar-refractivity contribution >= 4 is 33.2 Å². The molecule has 0 fully saturated rings. The maximum Gasteiger partial charge on any atom is 2.00 e. The van der Waals surface area contributed by atoms with E-state index in [9.17, 15) is 0 Å². The van der Waals surface area contributed by atoms with E-state index in [4.69, 9.17) is 39.9 Å². The van der Waals surface area contributed by atoms with Crippen molar-refractivity contribution in [3.63, 3.8) is 0 Å². The van der Waals surface area contributed by atoms with Crippen LogP contribution in [0.5, 0.6) is 0 Å². The molecule has 2 aromatic carbocycles. The van der Waals surface area contributed by atoms with Gasteiger partial charge in [-0.1, -0.05) is 97.1 Å². The van der Waals surface area contributed by atoms with Crippen LogP contribution in [0.15, 0.2) is 97.1 Å². The van der Waals surface area contributed by atoms with Crippen molar-refractivity contribution in [1.29, 1.82) is 0 Å². The third-order valence-corrected chi connectivity index (χ3v) is 7.67. The van der Waals surface area contributed by atoms with Crippen LogP contribution < -0.4 is 20.9 Å². The maximum atomic E-state index is 5.01. The Kier molecular flexibility index (Phi) is 5.25. The molecule has 2 unspecified atom stereocenters. The normalized spacial score (nSPS) is 18.5. The van der Waals surface area contributed by atoms with E-state index in [0.29, 0.717) is 45.6 Å². The number of aromatic nitrogens is 8. The van der Waals surface area contributed by atoms with Crippen LogP contribution in [0.4, 0.5) is 0 Å². The van der Waals surface area contributed by atoms with Gasteiger partial charge in [-0.3, -0.25) is 0 Å². The summed E-state index contributed by atoms with van der Waals surface area (Å²) in [5.41, 5.74) is 6.13. The molecule has 41 heavy (non-hydrogen) atoms. The Bertz CT molecular complexity index is 2250. The van der Waals surface area contributed by atoms with Crippen molar-refractivity contribution < 1.29 is 17.1 Å². The molecule has 2 aliphatic carbocycles. The predicted molar refractivity (Wildman–Crippen MR) is 151 cm³/mol. The Morgan fingerprint density at radius 2 is 1.22 bits per heavy atom. The van der Waals surface area contributed by atoms with Crippen molar-refractivity contribution in [2.45, 2.75) is 11.8 Å². The van der Waals surface area contributed by atoms with Crippen LogP contribution in [-0.4, -0.2) is 29.9 Å². The van der Waals surface area contributed by atoms with E-state index < -0.39 is 0 Å². The minimum atomic E-state index is -0.113. The summed E-state index contributed by atoms with van der Waals surface area (Å²) in [6.45, 7) is 0. The molecule has 9 rings (SSSR count). The van der Waals surface area contributed by atoms with Gasteiger partial charge in [0.1, 0.15) is 5.82 Å². The van der Waals surface area contributed by atoms with E-state index >= 15 is 0 Å². The molecule has 0 amide bonds. The first-order valence-electron chi connectivity index (χ1n) is 13.1. The summed E-state index contributed by atoms with van der Waals surface area (Å²) in [4.78, 5) is 39.5. The average Bonchev–Trinajstić information content (AvgIpc) is 3.73. The number of rotatable bonds is 0. The first kappa shape index (κ1) is 23.9. The fourth-order valence-electron chi connectivity index (χ4n) is 5.76. The topological polar surface area (TPSA) is 106 Å². The second kappa shape index (κ2) is 9.02. The predicted octanol–water partition coefficient (Wildman–Crippen LogP) is 3.48. The van der Waals surface area contributed by atoms with Crippen LogP contribution >= 0.6 is 0 Å². The van der Waals surface area contributed by atoms with E-state index in [0.717, 1.165) is 33.0 Å². The molecular formula is C32H18FeN8. The standard InChI is InChI=1S/C32H18N8.Fe/c1-2-10-18-17(9-1)25-33-26(18)38-28-21-13-5-6-14-22(21)30(35-28)40-32-24-16-8-7-15-23(24)31(36-32)39-29-20-12-4-3-11-19(20)27(34-29)37-25;/h1-17,20H;/q-2;+2. The number of benzene rings is 2. The van der Waals surface area contributed by atoms with E-state index in [1.54, 1.807) is 0 Å². The maximum absolute atomic E-state index is 5.01. The first-order valence-corrected chi connectivity index (χ1v) is 13.1. The van der Waals surface area contributed by atoms with Gasteiger partial charge in [-0.2, -0.15) is 0 Å². The zero-order chi connectivity index (χ0) is 26.2. The van der Waals surface area contributed by atoms with Gasteiger partial charge in [0.2, 0.25) is 0 Å². The molecule has 194 valence electrons. The summed E-state index contributed by atoms with van der Waals surface area (Å²) in [6.07, 6.45) is 16.3. The summed E-state index contributed by atoms with van der Waals surface area (Å²) in [6, 6.07) is 16.0. The van der Waals surface area contributed by atoms with Crippen molar-refractivity contribution in [2.75, 3.05) is 0 Å². The zero-order valence-corrected chi connectivity index (χ0v) is 22.4. The van der Waals surface area contributed by atoms with Crippen LogP contribution in [0.3, 0.4) is 0 Å². The average molecular weight is 570 g/mol. The number of fused-ring (bicyclic) bond motifs is 18. The molecule has 2 atom stereocenters. The van der Waals surface area contributed by atoms with Crippen molar-refractivity contribution in [2.24, 2.45) is 0 Å². The van der Waals surface area contributed by atoms with E-state index in [-0.39, 0.29) is 28.9 Å². The number of nitrogens with zero attached hydrogens (tertiary/aromatic N) is 8. The Balaban J connectivity index is 0.00000256. The monoisotopic (exact) mass is 570 g/mol. The Morgan fingerprint density at radius 1 is 0.561 bits per heavy atom. The fourth-order valence-corrected chi connectivity index (χ4v) is 5.76. The first-order chi connectivity index (χ1) is 19.8. The summed E-state index contributed by atoms with van der Waals surface area (Å²) < 4.78 is 0. The van der Waals surface area contributed by atoms with Crippen LogP contribution in [0, 0.1) is 0 Å². The second-order valence-corrected chi connectivity index (χ2v) is 10.00. The Morgan fingerprint density at radius 3 is 2.00 bits per heavy atom. The third kappa shape index (κ3) is 3.60. The number of allylic oxidation sites excluding steroid dienone is 8. The third-order valence-electron chi connectivity index (χ3n) is 7.67. The molecule has 3 aliphatic heterocycles. The molecule has 0 radical (unpaired) electrons. The van der Waals surface area contributed by atoms with Gasteiger partial charge >= 0.3 is 17.1 Å². The van der Waals surface area contributed by atoms with Gasteiger partial charge in [0.15, 0.2) is 5.82 Å². The van der Waals surface area contributed by atoms with Gasteiger partial charge in [-0.05, 0) is 21.9 Å². The van der Waals surface area contributed by atoms with E-state index in [2.05, 4.69) is 12.2 Å². The van der Waals surface area contributed by atoms with Gasteiger partial charge in [-0.25, -0.2) is 15.0 Å². The van der Waals surface area contributed by atoms with Gasteiger partial charge < -0.3 is 24.9 Å². The summed E-state index contributed by atoms with van der Waals surface area (Å²) in [7, 11) is 0. The van der Waals surface area contributed by atoms with Gasteiger partial charge in [-0.15, -0.1) is 0 Å². The number of hydrogen-bond acceptors (Lipinski definition) is 6. The van der Waals surface area contributed by atoms with Crippen molar-refractivity contribution in [1.82, 2.24) is 39.9 Å². The van der Waals surface area contributed by atoms with Crippen molar-refractivity contribution in [3.05, 3.63) is 120 Å². The Labute approximate surface area is 244 Å². The van der Waals surface area contributed by atoms with Crippen LogP contribution in [-0.2, 0) is 17.1 Å². The van der Waals surface area contributed by atoms with E-state index in [1.807, 2.05) is 85.0 Å².